The van der Waals surface area contributed by atoms with Crippen molar-refractivity contribution in [1.82, 2.24) is 25.1 Å². The van der Waals surface area contributed by atoms with Gasteiger partial charge in [0.15, 0.2) is 0 Å². The normalized spacial score (nSPS) is 10.2. The van der Waals surface area contributed by atoms with Crippen molar-refractivity contribution in [2.45, 2.75) is 13.0 Å². The van der Waals surface area contributed by atoms with E-state index in [1.165, 1.54) is 22.0 Å². The standard InChI is InChI=1S/C14H17N5.CH2O2/c1-15-5-4-12-7-17-14-3-2-11(6-13(12)14)8-19-10-16-9-18-19;2-1-3/h2-3,6-7,9-10,15,17H,4-5,8H2,1H3;1H,(H,2,3). The van der Waals surface area contributed by atoms with Gasteiger partial charge in [-0.15, -0.1) is 0 Å². The number of hydrogen-bond donors (Lipinski definition) is 3. The summed E-state index contributed by atoms with van der Waals surface area (Å²) in [6.45, 7) is 1.49. The fourth-order valence-corrected chi connectivity index (χ4v) is 2.29. The Kier molecular flexibility index (Phi) is 5.67. The lowest BCUT2D eigenvalue weighted by Gasteiger charge is -2.03. The highest BCUT2D eigenvalue weighted by atomic mass is 16.3. The zero-order chi connectivity index (χ0) is 15.8. The lowest BCUT2D eigenvalue weighted by atomic mass is 10.1. The predicted octanol–water partition coefficient (Wildman–Crippen LogP) is 1.27. The molecule has 0 bridgehead atoms. The SMILES string of the molecule is CNCCc1c[nH]c2ccc(Cn3cncn3)cc12.O=CO. The second-order valence-electron chi connectivity index (χ2n) is 4.75. The van der Waals surface area contributed by atoms with Gasteiger partial charge in [0.25, 0.3) is 6.47 Å². The van der Waals surface area contributed by atoms with Gasteiger partial charge in [-0.2, -0.15) is 5.10 Å². The Labute approximate surface area is 128 Å². The van der Waals surface area contributed by atoms with Crippen LogP contribution >= 0.6 is 0 Å². The van der Waals surface area contributed by atoms with Gasteiger partial charge in [-0.3, -0.25) is 4.79 Å². The minimum Gasteiger partial charge on any atom is -0.483 e. The first-order valence-electron chi connectivity index (χ1n) is 6.92. The zero-order valence-electron chi connectivity index (χ0n) is 12.4. The van der Waals surface area contributed by atoms with Crippen molar-refractivity contribution in [3.05, 3.63) is 48.2 Å². The molecule has 116 valence electrons. The van der Waals surface area contributed by atoms with E-state index in [-0.39, 0.29) is 6.47 Å². The molecule has 3 rings (SSSR count). The number of hydrogen-bond acceptors (Lipinski definition) is 4. The van der Waals surface area contributed by atoms with Crippen LogP contribution in [0.1, 0.15) is 11.1 Å². The maximum absolute atomic E-state index is 8.36. The number of benzene rings is 1. The van der Waals surface area contributed by atoms with Crippen LogP contribution in [-0.2, 0) is 17.8 Å². The molecule has 0 spiro atoms. The number of nitrogens with zero attached hydrogens (tertiary/aromatic N) is 3. The molecule has 2 heterocycles. The first kappa shape index (κ1) is 15.7. The largest absolute Gasteiger partial charge is 0.483 e. The summed E-state index contributed by atoms with van der Waals surface area (Å²) in [5, 5.41) is 15.5. The number of H-pyrrole nitrogens is 1. The Morgan fingerprint density at radius 2 is 2.27 bits per heavy atom. The van der Waals surface area contributed by atoms with Crippen molar-refractivity contribution < 1.29 is 9.90 Å². The van der Waals surface area contributed by atoms with E-state index in [1.807, 2.05) is 11.7 Å². The smallest absolute Gasteiger partial charge is 0.290 e. The lowest BCUT2D eigenvalue weighted by molar-refractivity contribution is -0.122. The minimum absolute atomic E-state index is 0.250. The van der Waals surface area contributed by atoms with Gasteiger partial charge < -0.3 is 15.4 Å². The Morgan fingerprint density at radius 1 is 1.45 bits per heavy atom. The molecule has 0 fully saturated rings. The predicted molar refractivity (Wildman–Crippen MR) is 83.7 cm³/mol. The third kappa shape index (κ3) is 3.92. The van der Waals surface area contributed by atoms with E-state index < -0.39 is 0 Å². The first-order chi connectivity index (χ1) is 10.8. The third-order valence-electron chi connectivity index (χ3n) is 3.29. The summed E-state index contributed by atoms with van der Waals surface area (Å²) < 4.78 is 1.83. The third-order valence-corrected chi connectivity index (χ3v) is 3.29. The van der Waals surface area contributed by atoms with E-state index in [2.05, 4.69) is 44.8 Å². The minimum atomic E-state index is -0.250. The van der Waals surface area contributed by atoms with E-state index in [9.17, 15) is 0 Å². The second-order valence-corrected chi connectivity index (χ2v) is 4.75. The van der Waals surface area contributed by atoms with Crippen LogP contribution in [0.3, 0.4) is 0 Å². The number of carboxylic acid groups (broad SMARTS) is 1. The number of likely N-dealkylation sites (N-methyl/N-ethyl adjacent to an activating group) is 1. The molecule has 0 aliphatic carbocycles. The van der Waals surface area contributed by atoms with Crippen molar-refractivity contribution in [1.29, 1.82) is 0 Å². The summed E-state index contributed by atoms with van der Waals surface area (Å²) in [7, 11) is 1.98. The van der Waals surface area contributed by atoms with Gasteiger partial charge in [-0.25, -0.2) is 9.67 Å². The van der Waals surface area contributed by atoms with Crippen LogP contribution in [0.2, 0.25) is 0 Å². The van der Waals surface area contributed by atoms with E-state index in [0.717, 1.165) is 19.5 Å². The number of aromatic amines is 1. The summed E-state index contributed by atoms with van der Waals surface area (Å²) in [4.78, 5) is 15.6. The maximum atomic E-state index is 8.36. The topological polar surface area (TPSA) is 95.8 Å². The van der Waals surface area contributed by atoms with E-state index in [0.29, 0.717) is 0 Å². The van der Waals surface area contributed by atoms with Gasteiger partial charge in [0.05, 0.1) is 6.54 Å². The molecule has 0 aliphatic rings. The fraction of sp³-hybridized carbons (Fsp3) is 0.267. The van der Waals surface area contributed by atoms with Crippen LogP contribution in [0, 0.1) is 0 Å². The molecule has 0 radical (unpaired) electrons. The highest BCUT2D eigenvalue weighted by molar-refractivity contribution is 5.83. The molecule has 0 atom stereocenters. The molecule has 3 N–H and O–H groups in total. The molecule has 0 aliphatic heterocycles. The summed E-state index contributed by atoms with van der Waals surface area (Å²) in [6.07, 6.45) is 6.43. The summed E-state index contributed by atoms with van der Waals surface area (Å²) >= 11 is 0. The molecule has 7 nitrogen and oxygen atoms in total. The second kappa shape index (κ2) is 7.94. The van der Waals surface area contributed by atoms with Crippen molar-refractivity contribution in [3.8, 4) is 0 Å². The number of rotatable bonds is 5. The molecule has 7 heteroatoms. The Balaban J connectivity index is 0.000000545. The number of fused-ring (bicyclic) bond motifs is 1. The molecule has 0 saturated carbocycles. The van der Waals surface area contributed by atoms with E-state index >= 15 is 0 Å². The molecular weight excluding hydrogens is 282 g/mol. The Bertz CT molecular complexity index is 706. The lowest BCUT2D eigenvalue weighted by Crippen LogP contribution is -2.09. The summed E-state index contributed by atoms with van der Waals surface area (Å²) in [6, 6.07) is 6.49. The molecule has 3 aromatic rings. The van der Waals surface area contributed by atoms with Crippen LogP contribution in [-0.4, -0.2) is 44.9 Å². The molecule has 2 aromatic heterocycles. The highest BCUT2D eigenvalue weighted by Crippen LogP contribution is 2.20. The van der Waals surface area contributed by atoms with Crippen molar-refractivity contribution in [3.63, 3.8) is 0 Å². The molecule has 0 amide bonds. The van der Waals surface area contributed by atoms with Gasteiger partial charge in [0.2, 0.25) is 0 Å². The molecule has 22 heavy (non-hydrogen) atoms. The molecule has 0 unspecified atom stereocenters. The number of carbonyl (C=O) groups is 1. The van der Waals surface area contributed by atoms with E-state index in [1.54, 1.807) is 12.7 Å². The molecular formula is C15H19N5O2. The van der Waals surface area contributed by atoms with Crippen LogP contribution in [0.5, 0.6) is 0 Å². The monoisotopic (exact) mass is 301 g/mol. The van der Waals surface area contributed by atoms with Crippen molar-refractivity contribution >= 4 is 17.4 Å². The fourth-order valence-electron chi connectivity index (χ4n) is 2.29. The molecule has 1 aromatic carbocycles. The summed E-state index contributed by atoms with van der Waals surface area (Å²) in [5.74, 6) is 0. The van der Waals surface area contributed by atoms with Gasteiger partial charge >= 0.3 is 0 Å². The van der Waals surface area contributed by atoms with Crippen LogP contribution < -0.4 is 5.32 Å². The zero-order valence-corrected chi connectivity index (χ0v) is 12.4. The van der Waals surface area contributed by atoms with Gasteiger partial charge in [-0.05, 0) is 43.3 Å². The number of aromatic nitrogens is 4. The van der Waals surface area contributed by atoms with Crippen LogP contribution in [0.25, 0.3) is 10.9 Å². The molecule has 0 saturated heterocycles. The van der Waals surface area contributed by atoms with Crippen molar-refractivity contribution in [2.75, 3.05) is 13.6 Å². The average molecular weight is 301 g/mol. The number of nitrogens with one attached hydrogen (secondary N) is 2. The quantitative estimate of drug-likeness (QED) is 0.617. The van der Waals surface area contributed by atoms with E-state index in [4.69, 9.17) is 9.90 Å². The average Bonchev–Trinajstić information content (AvgIpc) is 3.15. The van der Waals surface area contributed by atoms with Crippen LogP contribution in [0.4, 0.5) is 0 Å². The first-order valence-corrected chi connectivity index (χ1v) is 6.92. The van der Waals surface area contributed by atoms with Gasteiger partial charge in [0, 0.05) is 17.1 Å². The Hall–Kier alpha value is -2.67. The Morgan fingerprint density at radius 3 is 2.95 bits per heavy atom. The van der Waals surface area contributed by atoms with Crippen molar-refractivity contribution in [2.24, 2.45) is 0 Å². The van der Waals surface area contributed by atoms with Gasteiger partial charge in [-0.1, -0.05) is 6.07 Å². The van der Waals surface area contributed by atoms with Gasteiger partial charge in [0.1, 0.15) is 12.7 Å². The maximum Gasteiger partial charge on any atom is 0.290 e. The highest BCUT2D eigenvalue weighted by Gasteiger charge is 2.05. The summed E-state index contributed by atoms with van der Waals surface area (Å²) in [5.41, 5.74) is 3.78. The van der Waals surface area contributed by atoms with Crippen LogP contribution in [0.15, 0.2) is 37.1 Å².